The van der Waals surface area contributed by atoms with Gasteiger partial charge in [-0.2, -0.15) is 18.2 Å². The van der Waals surface area contributed by atoms with Crippen molar-refractivity contribution < 1.29 is 22.7 Å². The largest absolute Gasteiger partial charge is 0.416 e. The quantitative estimate of drug-likeness (QED) is 0.739. The van der Waals surface area contributed by atoms with Crippen molar-refractivity contribution >= 4 is 17.7 Å². The number of nitrogens with zero attached hydrogens (tertiary/aromatic N) is 5. The Morgan fingerprint density at radius 2 is 1.58 bits per heavy atom. The van der Waals surface area contributed by atoms with Crippen molar-refractivity contribution in [3.63, 3.8) is 0 Å². The molecule has 0 saturated carbocycles. The molecule has 2 aliphatic rings. The molecule has 1 amide bonds. The van der Waals surface area contributed by atoms with E-state index in [2.05, 4.69) is 14.8 Å². The van der Waals surface area contributed by atoms with E-state index in [1.807, 2.05) is 13.0 Å². The van der Waals surface area contributed by atoms with Gasteiger partial charge < -0.3 is 19.4 Å². The number of halogens is 3. The molecule has 166 valence electrons. The number of hydrogen-bond acceptors (Lipinski definition) is 6. The molecule has 10 heteroatoms. The summed E-state index contributed by atoms with van der Waals surface area (Å²) >= 11 is 0. The first kappa shape index (κ1) is 21.4. The number of carbonyl (C=O) groups excluding carboxylic acids is 1. The van der Waals surface area contributed by atoms with Crippen LogP contribution in [0.2, 0.25) is 0 Å². The van der Waals surface area contributed by atoms with Crippen molar-refractivity contribution in [3.8, 4) is 0 Å². The lowest BCUT2D eigenvalue weighted by Crippen LogP contribution is -2.49. The summed E-state index contributed by atoms with van der Waals surface area (Å²) in [6.07, 6.45) is -4.41. The molecule has 0 aliphatic carbocycles. The Hall–Kier alpha value is -2.88. The van der Waals surface area contributed by atoms with Gasteiger partial charge in [0, 0.05) is 56.6 Å². The fourth-order valence-corrected chi connectivity index (χ4v) is 3.73. The SMILES string of the molecule is Cc1cc(N2CCN(C(=O)c3ccc(C(F)(F)F)cc3)CC2)nc(N2CCOCC2)n1. The van der Waals surface area contributed by atoms with E-state index in [0.717, 1.165) is 36.7 Å². The number of aryl methyl sites for hydroxylation is 1. The van der Waals surface area contributed by atoms with Gasteiger partial charge in [-0.05, 0) is 31.2 Å². The maximum Gasteiger partial charge on any atom is 0.416 e. The van der Waals surface area contributed by atoms with Crippen LogP contribution in [-0.2, 0) is 10.9 Å². The van der Waals surface area contributed by atoms with Gasteiger partial charge in [0.15, 0.2) is 0 Å². The van der Waals surface area contributed by atoms with E-state index in [-0.39, 0.29) is 11.5 Å². The number of alkyl halides is 3. The van der Waals surface area contributed by atoms with Crippen LogP contribution in [0, 0.1) is 6.92 Å². The smallest absolute Gasteiger partial charge is 0.378 e. The van der Waals surface area contributed by atoms with Crippen molar-refractivity contribution in [1.82, 2.24) is 14.9 Å². The van der Waals surface area contributed by atoms with E-state index in [9.17, 15) is 18.0 Å². The van der Waals surface area contributed by atoms with Crippen molar-refractivity contribution in [1.29, 1.82) is 0 Å². The topological polar surface area (TPSA) is 61.8 Å². The Balaban J connectivity index is 1.40. The molecule has 0 radical (unpaired) electrons. The zero-order valence-electron chi connectivity index (χ0n) is 17.2. The highest BCUT2D eigenvalue weighted by molar-refractivity contribution is 5.94. The molecule has 2 aromatic rings. The second kappa shape index (κ2) is 8.70. The van der Waals surface area contributed by atoms with Crippen LogP contribution in [0.25, 0.3) is 0 Å². The number of amides is 1. The summed E-state index contributed by atoms with van der Waals surface area (Å²) in [4.78, 5) is 27.8. The zero-order valence-corrected chi connectivity index (χ0v) is 17.2. The van der Waals surface area contributed by atoms with E-state index in [4.69, 9.17) is 9.72 Å². The van der Waals surface area contributed by atoms with Crippen LogP contribution in [-0.4, -0.2) is 73.3 Å². The third kappa shape index (κ3) is 4.90. The van der Waals surface area contributed by atoms with Crippen LogP contribution in [0.3, 0.4) is 0 Å². The van der Waals surface area contributed by atoms with Gasteiger partial charge in [-0.1, -0.05) is 0 Å². The molecule has 3 heterocycles. The first-order chi connectivity index (χ1) is 14.8. The molecule has 1 aromatic heterocycles. The fourth-order valence-electron chi connectivity index (χ4n) is 3.73. The molecule has 0 N–H and O–H groups in total. The number of carbonyl (C=O) groups is 1. The van der Waals surface area contributed by atoms with Gasteiger partial charge in [-0.15, -0.1) is 0 Å². The molecule has 0 unspecified atom stereocenters. The van der Waals surface area contributed by atoms with Gasteiger partial charge >= 0.3 is 6.18 Å². The molecular formula is C21H24F3N5O2. The predicted octanol–water partition coefficient (Wildman–Crippen LogP) is 2.60. The molecule has 7 nitrogen and oxygen atoms in total. The molecule has 0 atom stereocenters. The highest BCUT2D eigenvalue weighted by Crippen LogP contribution is 2.29. The molecule has 0 bridgehead atoms. The Kier molecular flexibility index (Phi) is 5.99. The third-order valence-electron chi connectivity index (χ3n) is 5.47. The molecule has 1 aromatic carbocycles. The lowest BCUT2D eigenvalue weighted by molar-refractivity contribution is -0.137. The van der Waals surface area contributed by atoms with Gasteiger partial charge in [0.25, 0.3) is 5.91 Å². The summed E-state index contributed by atoms with van der Waals surface area (Å²) in [5.74, 6) is 1.23. The second-order valence-electron chi connectivity index (χ2n) is 7.62. The average molecular weight is 435 g/mol. The average Bonchev–Trinajstić information content (AvgIpc) is 2.78. The molecule has 31 heavy (non-hydrogen) atoms. The van der Waals surface area contributed by atoms with E-state index in [1.165, 1.54) is 12.1 Å². The summed E-state index contributed by atoms with van der Waals surface area (Å²) in [6.45, 7) is 6.84. The monoisotopic (exact) mass is 435 g/mol. The van der Waals surface area contributed by atoms with Crippen LogP contribution in [0.4, 0.5) is 24.9 Å². The maximum absolute atomic E-state index is 12.7. The number of piperazine rings is 1. The minimum Gasteiger partial charge on any atom is -0.378 e. The molecule has 0 spiro atoms. The Morgan fingerprint density at radius 3 is 2.19 bits per heavy atom. The lowest BCUT2D eigenvalue weighted by Gasteiger charge is -2.36. The van der Waals surface area contributed by atoms with Crippen LogP contribution in [0.15, 0.2) is 30.3 Å². The number of hydrogen-bond donors (Lipinski definition) is 0. The Bertz CT molecular complexity index is 922. The standard InChI is InChI=1S/C21H24F3N5O2/c1-15-14-18(26-20(25-15)29-10-12-31-13-11-29)27-6-8-28(9-7-27)19(30)16-2-4-17(5-3-16)21(22,23)24/h2-5,14H,6-13H2,1H3. The molecule has 2 saturated heterocycles. The van der Waals surface area contributed by atoms with Crippen LogP contribution in [0.1, 0.15) is 21.6 Å². The van der Waals surface area contributed by atoms with E-state index in [1.54, 1.807) is 4.90 Å². The number of rotatable bonds is 3. The summed E-state index contributed by atoms with van der Waals surface area (Å²) in [7, 11) is 0. The molecule has 2 aliphatic heterocycles. The molecular weight excluding hydrogens is 411 g/mol. The first-order valence-corrected chi connectivity index (χ1v) is 10.2. The van der Waals surface area contributed by atoms with E-state index >= 15 is 0 Å². The minimum atomic E-state index is -4.41. The number of ether oxygens (including phenoxy) is 1. The first-order valence-electron chi connectivity index (χ1n) is 10.2. The minimum absolute atomic E-state index is 0.258. The highest BCUT2D eigenvalue weighted by Gasteiger charge is 2.31. The Labute approximate surface area is 178 Å². The van der Waals surface area contributed by atoms with Crippen molar-refractivity contribution in [2.24, 2.45) is 0 Å². The zero-order chi connectivity index (χ0) is 22.0. The Morgan fingerprint density at radius 1 is 0.935 bits per heavy atom. The fraction of sp³-hybridized carbons (Fsp3) is 0.476. The number of aromatic nitrogens is 2. The highest BCUT2D eigenvalue weighted by atomic mass is 19.4. The van der Waals surface area contributed by atoms with Crippen LogP contribution >= 0.6 is 0 Å². The number of anilines is 2. The normalized spacial score (nSPS) is 17.7. The summed E-state index contributed by atoms with van der Waals surface area (Å²) < 4.78 is 43.6. The van der Waals surface area contributed by atoms with Crippen molar-refractivity contribution in [3.05, 3.63) is 47.2 Å². The van der Waals surface area contributed by atoms with Gasteiger partial charge in [0.1, 0.15) is 5.82 Å². The van der Waals surface area contributed by atoms with Crippen LogP contribution < -0.4 is 9.80 Å². The van der Waals surface area contributed by atoms with Crippen LogP contribution in [0.5, 0.6) is 0 Å². The summed E-state index contributed by atoms with van der Waals surface area (Å²) in [6, 6.07) is 6.29. The number of benzene rings is 1. The lowest BCUT2D eigenvalue weighted by atomic mass is 10.1. The van der Waals surface area contributed by atoms with Crippen molar-refractivity contribution in [2.45, 2.75) is 13.1 Å². The van der Waals surface area contributed by atoms with Gasteiger partial charge in [-0.3, -0.25) is 4.79 Å². The third-order valence-corrected chi connectivity index (χ3v) is 5.47. The van der Waals surface area contributed by atoms with Crippen molar-refractivity contribution in [2.75, 3.05) is 62.3 Å². The molecule has 2 fully saturated rings. The second-order valence-corrected chi connectivity index (χ2v) is 7.62. The summed E-state index contributed by atoms with van der Waals surface area (Å²) in [5.41, 5.74) is 0.368. The van der Waals surface area contributed by atoms with Gasteiger partial charge in [0.05, 0.1) is 18.8 Å². The summed E-state index contributed by atoms with van der Waals surface area (Å²) in [5, 5.41) is 0. The van der Waals surface area contributed by atoms with E-state index in [0.29, 0.717) is 45.3 Å². The molecule has 4 rings (SSSR count). The predicted molar refractivity (Wildman–Crippen MR) is 109 cm³/mol. The van der Waals surface area contributed by atoms with Gasteiger partial charge in [0.2, 0.25) is 5.95 Å². The van der Waals surface area contributed by atoms with Gasteiger partial charge in [-0.25, -0.2) is 4.98 Å². The maximum atomic E-state index is 12.7. The van der Waals surface area contributed by atoms with E-state index < -0.39 is 11.7 Å². The number of morpholine rings is 1.